The number of nitrogens with zero attached hydrogens (tertiary/aromatic N) is 5. The van der Waals surface area contributed by atoms with Gasteiger partial charge in [0.05, 0.1) is 5.69 Å². The van der Waals surface area contributed by atoms with Crippen LogP contribution in [0.15, 0.2) is 77.7 Å². The zero-order valence-electron chi connectivity index (χ0n) is 20.8. The molecule has 9 nitrogen and oxygen atoms in total. The fourth-order valence-corrected chi connectivity index (χ4v) is 4.70. The van der Waals surface area contributed by atoms with E-state index in [4.69, 9.17) is 9.40 Å². The Morgan fingerprint density at radius 1 is 1.08 bits per heavy atom. The van der Waals surface area contributed by atoms with E-state index in [1.165, 1.54) is 12.1 Å². The average Bonchev–Trinajstić information content (AvgIpc) is 3.52. The van der Waals surface area contributed by atoms with E-state index in [-0.39, 0.29) is 17.9 Å². The summed E-state index contributed by atoms with van der Waals surface area (Å²) in [6.45, 7) is 3.23. The zero-order chi connectivity index (χ0) is 26.1. The van der Waals surface area contributed by atoms with Crippen molar-refractivity contribution in [1.29, 1.82) is 0 Å². The summed E-state index contributed by atoms with van der Waals surface area (Å²) >= 11 is 0. The van der Waals surface area contributed by atoms with E-state index in [1.807, 2.05) is 40.5 Å². The third kappa shape index (κ3) is 4.80. The molecule has 0 bridgehead atoms. The highest BCUT2D eigenvalue weighted by molar-refractivity contribution is 5.89. The van der Waals surface area contributed by atoms with Gasteiger partial charge in [-0.15, -0.1) is 0 Å². The minimum absolute atomic E-state index is 0.00118. The molecule has 0 spiro atoms. The Morgan fingerprint density at radius 3 is 2.71 bits per heavy atom. The molecule has 2 N–H and O–H groups in total. The van der Waals surface area contributed by atoms with Crippen molar-refractivity contribution in [2.75, 3.05) is 23.7 Å². The van der Waals surface area contributed by atoms with Crippen molar-refractivity contribution in [3.63, 3.8) is 0 Å². The zero-order valence-corrected chi connectivity index (χ0v) is 20.8. The summed E-state index contributed by atoms with van der Waals surface area (Å²) in [6, 6.07) is 15.6. The van der Waals surface area contributed by atoms with Crippen LogP contribution in [0.1, 0.15) is 18.4 Å². The molecule has 192 valence electrons. The second kappa shape index (κ2) is 9.97. The van der Waals surface area contributed by atoms with Gasteiger partial charge >= 0.3 is 11.9 Å². The smallest absolute Gasteiger partial charge is 0.321 e. The van der Waals surface area contributed by atoms with Crippen molar-refractivity contribution in [1.82, 2.24) is 24.3 Å². The summed E-state index contributed by atoms with van der Waals surface area (Å²) in [5.41, 5.74) is 4.65. The maximum absolute atomic E-state index is 13.5. The lowest BCUT2D eigenvalue weighted by atomic mass is 10.1. The van der Waals surface area contributed by atoms with Crippen LogP contribution in [0.5, 0.6) is 0 Å². The summed E-state index contributed by atoms with van der Waals surface area (Å²) in [6.07, 6.45) is 6.76. The van der Waals surface area contributed by atoms with Gasteiger partial charge in [-0.25, -0.2) is 19.2 Å². The average molecular weight is 512 g/mol. The number of urea groups is 1. The maximum Gasteiger partial charge on any atom is 0.321 e. The van der Waals surface area contributed by atoms with E-state index in [1.54, 1.807) is 36.9 Å². The fraction of sp³-hybridized carbons (Fsp3) is 0.214. The first-order chi connectivity index (χ1) is 18.5. The summed E-state index contributed by atoms with van der Waals surface area (Å²) in [4.78, 5) is 28.5. The number of aromatic nitrogens is 4. The molecule has 0 radical (unpaired) electrons. The van der Waals surface area contributed by atoms with Crippen molar-refractivity contribution in [2.24, 2.45) is 0 Å². The number of benzene rings is 2. The Labute approximate surface area is 218 Å². The monoisotopic (exact) mass is 511 g/mol. The van der Waals surface area contributed by atoms with Crippen LogP contribution in [0, 0.1) is 12.7 Å². The SMILES string of the molecule is Cc1ccc(NC(=O)N2CCCC(Nc3nccc(-c4c(-c5ccc(F)cc5)nc5occn45)n3)C2)cc1. The highest BCUT2D eigenvalue weighted by Crippen LogP contribution is 2.32. The first-order valence-electron chi connectivity index (χ1n) is 12.5. The Kier molecular flexibility index (Phi) is 6.20. The van der Waals surface area contributed by atoms with E-state index < -0.39 is 0 Å². The standard InChI is InChI=1S/C28H26FN7O2/c1-18-4-10-21(11-5-18)32-27(37)35-14-2-3-22(17-35)31-26-30-13-12-23(33-26)25-24(19-6-8-20(29)9-7-19)34-28-36(25)15-16-38-28/h4-13,15-16,22H,2-3,14,17H2,1H3,(H,32,37)(H,30,31,33). The first kappa shape index (κ1) is 23.7. The molecular weight excluding hydrogens is 485 g/mol. The second-order valence-corrected chi connectivity index (χ2v) is 9.36. The molecule has 38 heavy (non-hydrogen) atoms. The van der Waals surface area contributed by atoms with Crippen molar-refractivity contribution in [3.8, 4) is 22.6 Å². The highest BCUT2D eigenvalue weighted by Gasteiger charge is 2.25. The molecule has 2 amide bonds. The lowest BCUT2D eigenvalue weighted by Crippen LogP contribution is -2.47. The molecule has 0 saturated carbocycles. The molecule has 1 aliphatic rings. The van der Waals surface area contributed by atoms with Gasteiger partial charge in [-0.3, -0.25) is 4.40 Å². The summed E-state index contributed by atoms with van der Waals surface area (Å²) < 4.78 is 20.9. The third-order valence-corrected chi connectivity index (χ3v) is 6.62. The van der Waals surface area contributed by atoms with Gasteiger partial charge in [-0.2, -0.15) is 4.98 Å². The minimum Gasteiger partial charge on any atom is -0.432 e. The van der Waals surface area contributed by atoms with Crippen LogP contribution in [0.25, 0.3) is 28.5 Å². The molecule has 1 unspecified atom stereocenters. The van der Waals surface area contributed by atoms with Crippen molar-refractivity contribution >= 4 is 23.5 Å². The Balaban J connectivity index is 1.21. The molecule has 3 aromatic heterocycles. The number of fused-ring (bicyclic) bond motifs is 1. The summed E-state index contributed by atoms with van der Waals surface area (Å²) in [5.74, 6) is 0.549. The van der Waals surface area contributed by atoms with Gasteiger partial charge in [0.25, 0.3) is 0 Å². The number of likely N-dealkylation sites (tertiary alicyclic amines) is 1. The molecule has 2 aromatic carbocycles. The summed E-state index contributed by atoms with van der Waals surface area (Å²) in [5, 5.41) is 6.38. The Morgan fingerprint density at radius 2 is 1.89 bits per heavy atom. The van der Waals surface area contributed by atoms with Gasteiger partial charge in [0.15, 0.2) is 0 Å². The molecule has 6 rings (SSSR count). The predicted molar refractivity (Wildman–Crippen MR) is 142 cm³/mol. The van der Waals surface area contributed by atoms with Crippen LogP contribution < -0.4 is 10.6 Å². The number of nitrogens with one attached hydrogen (secondary N) is 2. The number of hydrogen-bond acceptors (Lipinski definition) is 6. The molecule has 1 fully saturated rings. The number of anilines is 2. The lowest BCUT2D eigenvalue weighted by Gasteiger charge is -2.33. The second-order valence-electron chi connectivity index (χ2n) is 9.36. The van der Waals surface area contributed by atoms with Gasteiger partial charge in [0.1, 0.15) is 23.5 Å². The van der Waals surface area contributed by atoms with Crippen LogP contribution in [-0.2, 0) is 0 Å². The maximum atomic E-state index is 13.5. The lowest BCUT2D eigenvalue weighted by molar-refractivity contribution is 0.196. The Bertz CT molecular complexity index is 1580. The number of imidazole rings is 1. The topological polar surface area (TPSA) is 101 Å². The van der Waals surface area contributed by atoms with E-state index in [0.717, 1.165) is 29.7 Å². The normalized spacial score (nSPS) is 15.5. The molecule has 4 heterocycles. The van der Waals surface area contributed by atoms with Crippen molar-refractivity contribution in [2.45, 2.75) is 25.8 Å². The number of piperidine rings is 1. The van der Waals surface area contributed by atoms with E-state index in [2.05, 4.69) is 20.6 Å². The quantitative estimate of drug-likeness (QED) is 0.318. The molecule has 0 aliphatic carbocycles. The predicted octanol–water partition coefficient (Wildman–Crippen LogP) is 5.61. The van der Waals surface area contributed by atoms with E-state index >= 15 is 0 Å². The first-order valence-corrected chi connectivity index (χ1v) is 12.5. The van der Waals surface area contributed by atoms with Gasteiger partial charge in [-0.1, -0.05) is 17.7 Å². The largest absolute Gasteiger partial charge is 0.432 e. The fourth-order valence-electron chi connectivity index (χ4n) is 4.70. The molecule has 5 aromatic rings. The van der Waals surface area contributed by atoms with Crippen LogP contribution in [0.4, 0.5) is 20.8 Å². The number of rotatable bonds is 5. The molecule has 1 saturated heterocycles. The third-order valence-electron chi connectivity index (χ3n) is 6.62. The number of amides is 2. The molecule has 1 atom stereocenters. The van der Waals surface area contributed by atoms with E-state index in [9.17, 15) is 9.18 Å². The number of carbonyl (C=O) groups is 1. The van der Waals surface area contributed by atoms with Crippen LogP contribution in [0.2, 0.25) is 0 Å². The van der Waals surface area contributed by atoms with Gasteiger partial charge in [-0.05, 0) is 62.2 Å². The van der Waals surface area contributed by atoms with Crippen LogP contribution >= 0.6 is 0 Å². The summed E-state index contributed by atoms with van der Waals surface area (Å²) in [7, 11) is 0. The van der Waals surface area contributed by atoms with Crippen molar-refractivity contribution in [3.05, 3.63) is 84.6 Å². The highest BCUT2D eigenvalue weighted by atomic mass is 19.1. The van der Waals surface area contributed by atoms with Crippen LogP contribution in [0.3, 0.4) is 0 Å². The minimum atomic E-state index is -0.319. The van der Waals surface area contributed by atoms with Crippen LogP contribution in [-0.4, -0.2) is 49.4 Å². The molecule has 1 aliphatic heterocycles. The number of halogens is 1. The van der Waals surface area contributed by atoms with E-state index in [0.29, 0.717) is 42.0 Å². The van der Waals surface area contributed by atoms with Gasteiger partial charge < -0.3 is 20.0 Å². The number of carbonyl (C=O) groups excluding carboxylic acids is 1. The number of aryl methyl sites for hydroxylation is 1. The molecular formula is C28H26FN7O2. The number of oxazole rings is 1. The Hall–Kier alpha value is -4.73. The van der Waals surface area contributed by atoms with Gasteiger partial charge in [0.2, 0.25) is 5.95 Å². The van der Waals surface area contributed by atoms with Gasteiger partial charge in [0, 0.05) is 42.8 Å². The van der Waals surface area contributed by atoms with Crippen molar-refractivity contribution < 1.29 is 13.6 Å². The number of hydrogen-bond donors (Lipinski definition) is 2. The molecule has 10 heteroatoms.